The highest BCUT2D eigenvalue weighted by Crippen LogP contribution is 2.29. The van der Waals surface area contributed by atoms with Gasteiger partial charge in [-0.15, -0.1) is 0 Å². The van der Waals surface area contributed by atoms with E-state index in [9.17, 15) is 8.42 Å². The fourth-order valence-corrected chi connectivity index (χ4v) is 4.12. The van der Waals surface area contributed by atoms with Crippen LogP contribution in [-0.2, 0) is 16.6 Å². The topological polar surface area (TPSA) is 81.2 Å². The number of sulfonamides is 1. The molecule has 21 heavy (non-hydrogen) atoms. The number of rotatable bonds is 1. The number of hydrogen-bond acceptors (Lipinski definition) is 5. The second kappa shape index (κ2) is 4.08. The number of nitrogens with zero attached hydrogens (tertiary/aromatic N) is 4. The van der Waals surface area contributed by atoms with Crippen molar-refractivity contribution in [3.63, 3.8) is 0 Å². The van der Waals surface area contributed by atoms with Crippen molar-refractivity contribution in [1.82, 2.24) is 14.7 Å². The van der Waals surface area contributed by atoms with Crippen LogP contribution in [0.4, 0.5) is 5.82 Å². The largest absolute Gasteiger partial charge is 0.360 e. The number of para-hydroxylation sites is 2. The zero-order chi connectivity index (χ0) is 14.6. The lowest BCUT2D eigenvalue weighted by molar-refractivity contribution is 0.397. The molecule has 0 spiro atoms. The highest BCUT2D eigenvalue weighted by atomic mass is 32.2. The van der Waals surface area contributed by atoms with E-state index in [4.69, 9.17) is 4.52 Å². The van der Waals surface area contributed by atoms with Crippen LogP contribution in [0.15, 0.2) is 40.0 Å². The van der Waals surface area contributed by atoms with Crippen molar-refractivity contribution in [2.45, 2.75) is 18.6 Å². The summed E-state index contributed by atoms with van der Waals surface area (Å²) in [5.74, 6) is 0.866. The van der Waals surface area contributed by atoms with Gasteiger partial charge in [-0.1, -0.05) is 17.3 Å². The zero-order valence-corrected chi connectivity index (χ0v) is 12.0. The van der Waals surface area contributed by atoms with Gasteiger partial charge in [0.2, 0.25) is 5.16 Å². The number of fused-ring (bicyclic) bond motifs is 3. The van der Waals surface area contributed by atoms with E-state index in [0.29, 0.717) is 30.2 Å². The third-order valence-corrected chi connectivity index (χ3v) is 5.26. The van der Waals surface area contributed by atoms with Crippen LogP contribution >= 0.6 is 0 Å². The Morgan fingerprint density at radius 1 is 1.24 bits per heavy atom. The van der Waals surface area contributed by atoms with Gasteiger partial charge in [0.15, 0.2) is 5.82 Å². The Balaban J connectivity index is 1.92. The van der Waals surface area contributed by atoms with Crippen molar-refractivity contribution in [2.24, 2.45) is 0 Å². The van der Waals surface area contributed by atoms with Crippen LogP contribution < -0.4 is 4.31 Å². The SMILES string of the molecule is Cc1cc(N2CCn3c(nc4ccccc43)S2(=O)=O)no1. The molecule has 0 saturated carbocycles. The van der Waals surface area contributed by atoms with Crippen molar-refractivity contribution in [3.05, 3.63) is 36.1 Å². The molecule has 8 heteroatoms. The minimum absolute atomic E-state index is 0.0515. The quantitative estimate of drug-likeness (QED) is 0.681. The van der Waals surface area contributed by atoms with E-state index in [1.165, 1.54) is 4.31 Å². The van der Waals surface area contributed by atoms with Crippen LogP contribution in [0.3, 0.4) is 0 Å². The van der Waals surface area contributed by atoms with E-state index in [0.717, 1.165) is 5.52 Å². The monoisotopic (exact) mass is 304 g/mol. The van der Waals surface area contributed by atoms with Gasteiger partial charge in [0.1, 0.15) is 5.76 Å². The van der Waals surface area contributed by atoms with Gasteiger partial charge in [-0.05, 0) is 19.1 Å². The summed E-state index contributed by atoms with van der Waals surface area (Å²) < 4.78 is 33.4. The standard InChI is InChI=1S/C13H12N4O3S/c1-9-8-12(15-20-9)17-7-6-16-11-5-3-2-4-10(11)14-13(16)21(17,18)19/h2-5,8H,6-7H2,1H3. The minimum atomic E-state index is -3.72. The summed E-state index contributed by atoms with van der Waals surface area (Å²) in [5.41, 5.74) is 1.50. The molecular formula is C13H12N4O3S. The lowest BCUT2D eigenvalue weighted by atomic mass is 10.3. The van der Waals surface area contributed by atoms with Gasteiger partial charge < -0.3 is 9.09 Å². The molecule has 108 valence electrons. The van der Waals surface area contributed by atoms with Gasteiger partial charge >= 0.3 is 0 Å². The third kappa shape index (κ3) is 1.69. The maximum Gasteiger partial charge on any atom is 0.299 e. The summed E-state index contributed by atoms with van der Waals surface area (Å²) in [6, 6.07) is 9.00. The molecule has 0 saturated heterocycles. The normalized spacial score (nSPS) is 17.1. The van der Waals surface area contributed by atoms with E-state index >= 15 is 0 Å². The molecule has 0 aliphatic carbocycles. The molecule has 0 N–H and O–H groups in total. The molecule has 0 unspecified atom stereocenters. The first-order valence-electron chi connectivity index (χ1n) is 6.49. The second-order valence-corrected chi connectivity index (χ2v) is 6.66. The van der Waals surface area contributed by atoms with Gasteiger partial charge in [-0.2, -0.15) is 8.42 Å². The van der Waals surface area contributed by atoms with Crippen LogP contribution in [0.2, 0.25) is 0 Å². The number of hydrogen-bond donors (Lipinski definition) is 0. The molecule has 3 aromatic rings. The van der Waals surface area contributed by atoms with Crippen LogP contribution in [0, 0.1) is 6.92 Å². The third-order valence-electron chi connectivity index (χ3n) is 3.54. The first-order chi connectivity index (χ1) is 10.1. The molecule has 0 bridgehead atoms. The summed E-state index contributed by atoms with van der Waals surface area (Å²) in [4.78, 5) is 4.26. The van der Waals surface area contributed by atoms with Gasteiger partial charge in [-0.3, -0.25) is 0 Å². The average Bonchev–Trinajstić information content (AvgIpc) is 3.03. The fraction of sp³-hybridized carbons (Fsp3) is 0.231. The van der Waals surface area contributed by atoms with E-state index in [2.05, 4.69) is 10.1 Å². The number of anilines is 1. The number of imidazole rings is 1. The Hall–Kier alpha value is -2.35. The highest BCUT2D eigenvalue weighted by Gasteiger charge is 2.36. The molecule has 0 radical (unpaired) electrons. The van der Waals surface area contributed by atoms with E-state index in [1.54, 1.807) is 23.6 Å². The fourth-order valence-electron chi connectivity index (χ4n) is 2.58. The van der Waals surface area contributed by atoms with Gasteiger partial charge in [-0.25, -0.2) is 9.29 Å². The number of benzene rings is 1. The van der Waals surface area contributed by atoms with Gasteiger partial charge in [0.25, 0.3) is 10.0 Å². The molecule has 3 heterocycles. The molecule has 7 nitrogen and oxygen atoms in total. The number of aromatic nitrogens is 3. The average molecular weight is 304 g/mol. The lowest BCUT2D eigenvalue weighted by Gasteiger charge is -2.26. The summed E-state index contributed by atoms with van der Waals surface area (Å²) in [5, 5.41) is 3.85. The summed E-state index contributed by atoms with van der Waals surface area (Å²) in [6.07, 6.45) is 0. The van der Waals surface area contributed by atoms with Crippen molar-refractivity contribution in [3.8, 4) is 0 Å². The van der Waals surface area contributed by atoms with Crippen molar-refractivity contribution >= 4 is 26.9 Å². The highest BCUT2D eigenvalue weighted by molar-refractivity contribution is 7.92. The molecule has 2 aromatic heterocycles. The Bertz CT molecular complexity index is 941. The minimum Gasteiger partial charge on any atom is -0.360 e. The van der Waals surface area contributed by atoms with Crippen LogP contribution in [0.1, 0.15) is 5.76 Å². The molecule has 1 aliphatic rings. The molecule has 1 aliphatic heterocycles. The first-order valence-corrected chi connectivity index (χ1v) is 7.93. The zero-order valence-electron chi connectivity index (χ0n) is 11.2. The predicted molar refractivity (Wildman–Crippen MR) is 75.5 cm³/mol. The Labute approximate surface area is 120 Å². The molecule has 0 atom stereocenters. The Morgan fingerprint density at radius 2 is 2.05 bits per heavy atom. The predicted octanol–water partition coefficient (Wildman–Crippen LogP) is 1.54. The summed E-state index contributed by atoms with van der Waals surface area (Å²) >= 11 is 0. The molecule has 0 amide bonds. The van der Waals surface area contributed by atoms with E-state index in [-0.39, 0.29) is 5.16 Å². The van der Waals surface area contributed by atoms with Crippen molar-refractivity contribution < 1.29 is 12.9 Å². The Kier molecular flexibility index (Phi) is 2.41. The lowest BCUT2D eigenvalue weighted by Crippen LogP contribution is -2.40. The van der Waals surface area contributed by atoms with Gasteiger partial charge in [0, 0.05) is 12.6 Å². The first kappa shape index (κ1) is 12.4. The second-order valence-electron chi connectivity index (χ2n) is 4.91. The molecule has 1 aromatic carbocycles. The summed E-state index contributed by atoms with van der Waals surface area (Å²) in [7, 11) is -3.72. The number of aryl methyl sites for hydroxylation is 1. The van der Waals surface area contributed by atoms with Crippen LogP contribution in [0.5, 0.6) is 0 Å². The van der Waals surface area contributed by atoms with E-state index < -0.39 is 10.0 Å². The van der Waals surface area contributed by atoms with Crippen molar-refractivity contribution in [2.75, 3.05) is 10.8 Å². The molecule has 0 fully saturated rings. The maximum atomic E-state index is 12.7. The van der Waals surface area contributed by atoms with Crippen LogP contribution in [-0.4, -0.2) is 29.7 Å². The Morgan fingerprint density at radius 3 is 2.81 bits per heavy atom. The summed E-state index contributed by atoms with van der Waals surface area (Å²) in [6.45, 7) is 2.56. The smallest absolute Gasteiger partial charge is 0.299 e. The molecule has 4 rings (SSSR count). The molecular weight excluding hydrogens is 292 g/mol. The van der Waals surface area contributed by atoms with Crippen molar-refractivity contribution in [1.29, 1.82) is 0 Å². The van der Waals surface area contributed by atoms with Gasteiger partial charge in [0.05, 0.1) is 17.6 Å². The van der Waals surface area contributed by atoms with E-state index in [1.807, 2.05) is 18.2 Å². The maximum absolute atomic E-state index is 12.7. The van der Waals surface area contributed by atoms with Crippen LogP contribution in [0.25, 0.3) is 11.0 Å².